The lowest BCUT2D eigenvalue weighted by Gasteiger charge is -2.13. The molecule has 24 heavy (non-hydrogen) atoms. The molecule has 0 saturated heterocycles. The fourth-order valence-electron chi connectivity index (χ4n) is 2.74. The van der Waals surface area contributed by atoms with E-state index < -0.39 is 0 Å². The number of imidazole rings is 1. The smallest absolute Gasteiger partial charge is 0.191 e. The zero-order valence-corrected chi connectivity index (χ0v) is 17.3. The van der Waals surface area contributed by atoms with Crippen molar-refractivity contribution in [2.75, 3.05) is 20.1 Å². The summed E-state index contributed by atoms with van der Waals surface area (Å²) in [7, 11) is 1.82. The van der Waals surface area contributed by atoms with Gasteiger partial charge in [-0.25, -0.2) is 4.98 Å². The fourth-order valence-corrected chi connectivity index (χ4v) is 2.74. The number of unbranched alkanes of at least 4 members (excludes halogenated alkanes) is 3. The van der Waals surface area contributed by atoms with Crippen molar-refractivity contribution in [1.29, 1.82) is 0 Å². The van der Waals surface area contributed by atoms with Crippen molar-refractivity contribution in [2.45, 2.75) is 46.1 Å². The lowest BCUT2D eigenvalue weighted by atomic mass is 10.2. The molecule has 0 unspecified atom stereocenters. The van der Waals surface area contributed by atoms with Crippen LogP contribution in [0.4, 0.5) is 0 Å². The Kier molecular flexibility index (Phi) is 9.75. The molecular weight excluding hydrogens is 413 g/mol. The predicted octanol–water partition coefficient (Wildman–Crippen LogP) is 3.71. The van der Waals surface area contributed by atoms with Crippen molar-refractivity contribution in [2.24, 2.45) is 4.99 Å². The molecule has 0 saturated carbocycles. The van der Waals surface area contributed by atoms with E-state index in [9.17, 15) is 0 Å². The van der Waals surface area contributed by atoms with Gasteiger partial charge >= 0.3 is 0 Å². The molecule has 2 rings (SSSR count). The van der Waals surface area contributed by atoms with E-state index in [4.69, 9.17) is 0 Å². The lowest BCUT2D eigenvalue weighted by Crippen LogP contribution is -2.39. The van der Waals surface area contributed by atoms with Crippen LogP contribution in [0.5, 0.6) is 0 Å². The van der Waals surface area contributed by atoms with Gasteiger partial charge in [0.05, 0.1) is 11.0 Å². The molecule has 134 valence electrons. The van der Waals surface area contributed by atoms with Gasteiger partial charge in [-0.3, -0.25) is 4.99 Å². The number of fused-ring (bicyclic) bond motifs is 1. The molecule has 0 fully saturated rings. The highest BCUT2D eigenvalue weighted by atomic mass is 127. The zero-order valence-electron chi connectivity index (χ0n) is 15.0. The van der Waals surface area contributed by atoms with Crippen molar-refractivity contribution in [3.05, 3.63) is 30.1 Å². The van der Waals surface area contributed by atoms with E-state index in [2.05, 4.69) is 57.2 Å². The van der Waals surface area contributed by atoms with E-state index >= 15 is 0 Å². The van der Waals surface area contributed by atoms with Crippen molar-refractivity contribution in [1.82, 2.24) is 20.2 Å². The molecule has 1 aromatic carbocycles. The molecule has 0 atom stereocenters. The first-order chi connectivity index (χ1) is 11.3. The van der Waals surface area contributed by atoms with E-state index in [0.717, 1.165) is 36.9 Å². The Morgan fingerprint density at radius 1 is 1.12 bits per heavy atom. The maximum Gasteiger partial charge on any atom is 0.191 e. The van der Waals surface area contributed by atoms with Gasteiger partial charge in [0, 0.05) is 26.7 Å². The summed E-state index contributed by atoms with van der Waals surface area (Å²) in [6, 6.07) is 8.27. The number of aliphatic imine (C=N–C) groups is 1. The zero-order chi connectivity index (χ0) is 16.5. The van der Waals surface area contributed by atoms with Gasteiger partial charge in [-0.05, 0) is 25.5 Å². The Morgan fingerprint density at radius 3 is 2.62 bits per heavy atom. The third-order valence-corrected chi connectivity index (χ3v) is 4.02. The minimum absolute atomic E-state index is 0. The largest absolute Gasteiger partial charge is 0.356 e. The number of hydrogen-bond acceptors (Lipinski definition) is 2. The Morgan fingerprint density at radius 2 is 1.88 bits per heavy atom. The second kappa shape index (κ2) is 11.3. The maximum absolute atomic E-state index is 4.60. The molecule has 0 bridgehead atoms. The van der Waals surface area contributed by atoms with Gasteiger partial charge in [-0.15, -0.1) is 24.0 Å². The molecular formula is C18H30IN5. The highest BCUT2D eigenvalue weighted by molar-refractivity contribution is 14.0. The van der Waals surface area contributed by atoms with Crippen LogP contribution in [-0.4, -0.2) is 35.6 Å². The number of hydrogen-bond donors (Lipinski definition) is 2. The molecule has 0 spiro atoms. The van der Waals surface area contributed by atoms with E-state index in [1.54, 1.807) is 0 Å². The molecule has 2 N–H and O–H groups in total. The van der Waals surface area contributed by atoms with Crippen LogP contribution in [0.25, 0.3) is 11.0 Å². The molecule has 0 amide bonds. The van der Waals surface area contributed by atoms with Gasteiger partial charge in [0.1, 0.15) is 5.82 Å². The van der Waals surface area contributed by atoms with Crippen LogP contribution in [0.15, 0.2) is 29.3 Å². The van der Waals surface area contributed by atoms with Gasteiger partial charge in [0.25, 0.3) is 0 Å². The predicted molar refractivity (Wildman–Crippen MR) is 113 cm³/mol. The van der Waals surface area contributed by atoms with Crippen molar-refractivity contribution in [3.63, 3.8) is 0 Å². The first-order valence-electron chi connectivity index (χ1n) is 8.62. The van der Waals surface area contributed by atoms with Crippen molar-refractivity contribution >= 4 is 41.0 Å². The lowest BCUT2D eigenvalue weighted by molar-refractivity contribution is 0.634. The normalized spacial score (nSPS) is 11.4. The van der Waals surface area contributed by atoms with Gasteiger partial charge in [0.2, 0.25) is 0 Å². The Bertz CT molecular complexity index is 635. The van der Waals surface area contributed by atoms with E-state index in [1.165, 1.54) is 31.2 Å². The quantitative estimate of drug-likeness (QED) is 0.283. The SMILES string of the molecule is CCCCCCNC(=NC)NCCn1c(C)nc2ccccc21.I. The molecule has 5 nitrogen and oxygen atoms in total. The standard InChI is InChI=1S/C18H29N5.HI/c1-4-5-6-9-12-20-18(19-3)21-13-14-23-15(2)22-16-10-7-8-11-17(16)23;/h7-8,10-11H,4-6,9,12-14H2,1-3H3,(H2,19,20,21);1H. The number of rotatable bonds is 8. The Labute approximate surface area is 162 Å². The number of para-hydroxylation sites is 2. The number of aryl methyl sites for hydroxylation is 1. The summed E-state index contributed by atoms with van der Waals surface area (Å²) in [5, 5.41) is 6.75. The summed E-state index contributed by atoms with van der Waals surface area (Å²) in [4.78, 5) is 8.88. The minimum atomic E-state index is 0. The molecule has 0 aliphatic carbocycles. The van der Waals surface area contributed by atoms with E-state index in [0.29, 0.717) is 0 Å². The number of halogens is 1. The van der Waals surface area contributed by atoms with Gasteiger partial charge < -0.3 is 15.2 Å². The highest BCUT2D eigenvalue weighted by Crippen LogP contribution is 2.14. The monoisotopic (exact) mass is 443 g/mol. The summed E-state index contributed by atoms with van der Waals surface area (Å²) < 4.78 is 2.25. The van der Waals surface area contributed by atoms with Crippen LogP contribution in [0.3, 0.4) is 0 Å². The Hall–Kier alpha value is -1.31. The Balaban J connectivity index is 0.00000288. The average molecular weight is 443 g/mol. The topological polar surface area (TPSA) is 54.2 Å². The molecule has 2 aromatic rings. The summed E-state index contributed by atoms with van der Waals surface area (Å²) >= 11 is 0. The van der Waals surface area contributed by atoms with Crippen molar-refractivity contribution in [3.8, 4) is 0 Å². The third kappa shape index (κ3) is 5.96. The maximum atomic E-state index is 4.60. The van der Waals surface area contributed by atoms with Crippen LogP contribution < -0.4 is 10.6 Å². The molecule has 0 aliphatic rings. The van der Waals surface area contributed by atoms with Gasteiger partial charge in [-0.1, -0.05) is 38.3 Å². The second-order valence-electron chi connectivity index (χ2n) is 5.79. The van der Waals surface area contributed by atoms with Gasteiger partial charge in [0.15, 0.2) is 5.96 Å². The first kappa shape index (κ1) is 20.7. The third-order valence-electron chi connectivity index (χ3n) is 4.02. The second-order valence-corrected chi connectivity index (χ2v) is 5.79. The summed E-state index contributed by atoms with van der Waals surface area (Å²) in [6.45, 7) is 6.97. The minimum Gasteiger partial charge on any atom is -0.356 e. The summed E-state index contributed by atoms with van der Waals surface area (Å²) in [6.07, 6.45) is 5.05. The fraction of sp³-hybridized carbons (Fsp3) is 0.556. The number of benzene rings is 1. The number of guanidine groups is 1. The summed E-state index contributed by atoms with van der Waals surface area (Å²) in [5.74, 6) is 1.93. The number of aromatic nitrogens is 2. The van der Waals surface area contributed by atoms with Crippen LogP contribution in [0.1, 0.15) is 38.4 Å². The molecule has 1 heterocycles. The molecule has 6 heteroatoms. The first-order valence-corrected chi connectivity index (χ1v) is 8.62. The van der Waals surface area contributed by atoms with Crippen LogP contribution >= 0.6 is 24.0 Å². The van der Waals surface area contributed by atoms with Crippen LogP contribution in [0, 0.1) is 6.92 Å². The number of nitrogens with zero attached hydrogens (tertiary/aromatic N) is 3. The summed E-state index contributed by atoms with van der Waals surface area (Å²) in [5.41, 5.74) is 2.25. The average Bonchev–Trinajstić information content (AvgIpc) is 2.88. The highest BCUT2D eigenvalue weighted by Gasteiger charge is 2.06. The number of nitrogens with one attached hydrogen (secondary N) is 2. The van der Waals surface area contributed by atoms with Crippen molar-refractivity contribution < 1.29 is 0 Å². The molecule has 0 radical (unpaired) electrons. The van der Waals surface area contributed by atoms with Crippen LogP contribution in [0.2, 0.25) is 0 Å². The van der Waals surface area contributed by atoms with E-state index in [1.807, 2.05) is 13.1 Å². The van der Waals surface area contributed by atoms with Gasteiger partial charge in [-0.2, -0.15) is 0 Å². The van der Waals surface area contributed by atoms with E-state index in [-0.39, 0.29) is 24.0 Å². The van der Waals surface area contributed by atoms with Crippen LogP contribution in [-0.2, 0) is 6.54 Å². The molecule has 0 aliphatic heterocycles. The molecule has 1 aromatic heterocycles.